The molecule has 0 bridgehead atoms. The Morgan fingerprint density at radius 2 is 1.60 bits per heavy atom. The van der Waals surface area contributed by atoms with Crippen molar-refractivity contribution in [2.75, 3.05) is 27.8 Å². The lowest BCUT2D eigenvalue weighted by molar-refractivity contribution is -0.157. The molecule has 0 aromatic heterocycles. The predicted molar refractivity (Wildman–Crippen MR) is 110 cm³/mol. The number of esters is 1. The number of carbonyl (C=O) groups excluding carboxylic acids is 3. The van der Waals surface area contributed by atoms with Crippen molar-refractivity contribution in [3.05, 3.63) is 59.7 Å². The minimum atomic E-state index is -0.972. The number of nitrogens with zero attached hydrogens (tertiary/aromatic N) is 1. The highest BCUT2D eigenvalue weighted by molar-refractivity contribution is 5.97. The van der Waals surface area contributed by atoms with E-state index in [4.69, 9.17) is 14.2 Å². The second-order valence-corrected chi connectivity index (χ2v) is 6.60. The molecule has 0 aliphatic heterocycles. The SMILES string of the molecule is COc1cc(OC)cc(C(=O)NCC(=O)O[C@@H](C)C(=O)N(C)Cc2ccccc2)c1. The summed E-state index contributed by atoms with van der Waals surface area (Å²) < 4.78 is 15.4. The van der Waals surface area contributed by atoms with Gasteiger partial charge in [0, 0.05) is 25.2 Å². The van der Waals surface area contributed by atoms with E-state index in [0.29, 0.717) is 18.0 Å². The van der Waals surface area contributed by atoms with Crippen molar-refractivity contribution in [1.82, 2.24) is 10.2 Å². The van der Waals surface area contributed by atoms with Gasteiger partial charge in [-0.05, 0) is 24.6 Å². The highest BCUT2D eigenvalue weighted by Gasteiger charge is 2.22. The first kappa shape index (κ1) is 22.7. The van der Waals surface area contributed by atoms with Crippen LogP contribution in [0.4, 0.5) is 0 Å². The van der Waals surface area contributed by atoms with Crippen molar-refractivity contribution >= 4 is 17.8 Å². The van der Waals surface area contributed by atoms with E-state index >= 15 is 0 Å². The van der Waals surface area contributed by atoms with Crippen molar-refractivity contribution in [2.24, 2.45) is 0 Å². The Kier molecular flexibility index (Phi) is 8.22. The highest BCUT2D eigenvalue weighted by Crippen LogP contribution is 2.22. The average Bonchev–Trinajstić information content (AvgIpc) is 2.76. The maximum Gasteiger partial charge on any atom is 0.326 e. The van der Waals surface area contributed by atoms with Crippen molar-refractivity contribution in [3.8, 4) is 11.5 Å². The van der Waals surface area contributed by atoms with Crippen LogP contribution in [0, 0.1) is 0 Å². The smallest absolute Gasteiger partial charge is 0.326 e. The standard InChI is InChI=1S/C22H26N2O6/c1-15(22(27)24(2)14-16-8-6-5-7-9-16)30-20(25)13-23-21(26)17-10-18(28-3)12-19(11-17)29-4/h5-12,15H,13-14H2,1-4H3,(H,23,26)/t15-/m0/s1. The van der Waals surface area contributed by atoms with Gasteiger partial charge in [-0.25, -0.2) is 0 Å². The molecule has 8 nitrogen and oxygen atoms in total. The number of likely N-dealkylation sites (N-methyl/N-ethyl adjacent to an activating group) is 1. The molecule has 2 aromatic rings. The van der Waals surface area contributed by atoms with Gasteiger partial charge in [0.15, 0.2) is 6.10 Å². The molecule has 0 spiro atoms. The third-order valence-electron chi connectivity index (χ3n) is 4.30. The van der Waals surface area contributed by atoms with Crippen LogP contribution in [-0.4, -0.2) is 56.6 Å². The number of nitrogens with one attached hydrogen (secondary N) is 1. The minimum absolute atomic E-state index is 0.269. The molecule has 0 heterocycles. The van der Waals surface area contributed by atoms with Gasteiger partial charge in [0.05, 0.1) is 14.2 Å². The highest BCUT2D eigenvalue weighted by atomic mass is 16.5. The summed E-state index contributed by atoms with van der Waals surface area (Å²) in [5, 5.41) is 2.47. The van der Waals surface area contributed by atoms with E-state index in [1.807, 2.05) is 30.3 Å². The molecular formula is C22H26N2O6. The number of benzene rings is 2. The summed E-state index contributed by atoms with van der Waals surface area (Å²) in [5.74, 6) is -0.655. The molecule has 30 heavy (non-hydrogen) atoms. The monoisotopic (exact) mass is 414 g/mol. The number of carbonyl (C=O) groups is 3. The molecule has 1 atom stereocenters. The molecule has 0 saturated heterocycles. The molecule has 8 heteroatoms. The van der Waals surface area contributed by atoms with Crippen LogP contribution in [0.25, 0.3) is 0 Å². The second-order valence-electron chi connectivity index (χ2n) is 6.60. The zero-order chi connectivity index (χ0) is 22.1. The van der Waals surface area contributed by atoms with Crippen molar-refractivity contribution in [1.29, 1.82) is 0 Å². The van der Waals surface area contributed by atoms with Crippen molar-refractivity contribution in [2.45, 2.75) is 19.6 Å². The fourth-order valence-corrected chi connectivity index (χ4v) is 2.73. The fourth-order valence-electron chi connectivity index (χ4n) is 2.73. The van der Waals surface area contributed by atoms with Gasteiger partial charge in [-0.3, -0.25) is 14.4 Å². The Labute approximate surface area is 175 Å². The summed E-state index contributed by atoms with van der Waals surface area (Å²) in [6.07, 6.45) is -0.972. The first-order valence-corrected chi connectivity index (χ1v) is 9.33. The topological polar surface area (TPSA) is 94.2 Å². The molecule has 0 aliphatic carbocycles. The lowest BCUT2D eigenvalue weighted by Crippen LogP contribution is -2.39. The average molecular weight is 414 g/mol. The van der Waals surface area contributed by atoms with Crippen molar-refractivity contribution in [3.63, 3.8) is 0 Å². The van der Waals surface area contributed by atoms with E-state index in [1.165, 1.54) is 38.2 Å². The van der Waals surface area contributed by atoms with Crippen LogP contribution >= 0.6 is 0 Å². The summed E-state index contributed by atoms with van der Waals surface area (Å²) in [7, 11) is 4.58. The minimum Gasteiger partial charge on any atom is -0.497 e. The number of hydrogen-bond acceptors (Lipinski definition) is 6. The van der Waals surface area contributed by atoms with E-state index in [-0.39, 0.29) is 18.0 Å². The molecule has 2 amide bonds. The van der Waals surface area contributed by atoms with Gasteiger partial charge in [-0.1, -0.05) is 30.3 Å². The maximum absolute atomic E-state index is 12.4. The summed E-state index contributed by atoms with van der Waals surface area (Å²) >= 11 is 0. The van der Waals surface area contributed by atoms with Gasteiger partial charge in [0.25, 0.3) is 11.8 Å². The molecule has 0 aliphatic rings. The molecule has 2 aromatic carbocycles. The van der Waals surface area contributed by atoms with Gasteiger partial charge < -0.3 is 24.4 Å². The molecule has 160 valence electrons. The molecule has 0 saturated carbocycles. The van der Waals surface area contributed by atoms with E-state index in [2.05, 4.69) is 5.32 Å². The molecule has 0 radical (unpaired) electrons. The zero-order valence-corrected chi connectivity index (χ0v) is 17.5. The molecular weight excluding hydrogens is 388 g/mol. The Bertz CT molecular complexity index is 862. The number of rotatable bonds is 9. The third-order valence-corrected chi connectivity index (χ3v) is 4.30. The van der Waals surface area contributed by atoms with Gasteiger partial charge >= 0.3 is 5.97 Å². The predicted octanol–water partition coefficient (Wildman–Crippen LogP) is 2.02. The lowest BCUT2D eigenvalue weighted by atomic mass is 10.2. The van der Waals surface area contributed by atoms with Gasteiger partial charge in [-0.2, -0.15) is 0 Å². The van der Waals surface area contributed by atoms with Crippen molar-refractivity contribution < 1.29 is 28.6 Å². The normalized spacial score (nSPS) is 11.2. The Morgan fingerprint density at radius 1 is 1.00 bits per heavy atom. The Hall–Kier alpha value is -3.55. The number of amides is 2. The Balaban J connectivity index is 1.86. The molecule has 2 rings (SSSR count). The van der Waals surface area contributed by atoms with Crippen LogP contribution in [0.15, 0.2) is 48.5 Å². The van der Waals surface area contributed by atoms with E-state index in [9.17, 15) is 14.4 Å². The zero-order valence-electron chi connectivity index (χ0n) is 17.5. The largest absolute Gasteiger partial charge is 0.497 e. The molecule has 0 fully saturated rings. The first-order valence-electron chi connectivity index (χ1n) is 9.33. The quantitative estimate of drug-likeness (QED) is 0.631. The molecule has 0 unspecified atom stereocenters. The van der Waals surface area contributed by atoms with E-state index in [0.717, 1.165) is 5.56 Å². The second kappa shape index (κ2) is 10.8. The Morgan fingerprint density at radius 3 is 2.17 bits per heavy atom. The van der Waals surface area contributed by atoms with Crippen LogP contribution in [0.3, 0.4) is 0 Å². The van der Waals surface area contributed by atoms with E-state index in [1.54, 1.807) is 13.1 Å². The van der Waals surface area contributed by atoms with Gasteiger partial charge in [0.2, 0.25) is 0 Å². The van der Waals surface area contributed by atoms with Crippen LogP contribution in [-0.2, 0) is 20.9 Å². The summed E-state index contributed by atoms with van der Waals surface area (Å²) in [4.78, 5) is 38.3. The van der Waals surface area contributed by atoms with Crippen LogP contribution in [0.5, 0.6) is 11.5 Å². The van der Waals surface area contributed by atoms with Crippen LogP contribution < -0.4 is 14.8 Å². The fraction of sp³-hybridized carbons (Fsp3) is 0.318. The number of hydrogen-bond donors (Lipinski definition) is 1. The number of ether oxygens (including phenoxy) is 3. The third kappa shape index (κ3) is 6.51. The van der Waals surface area contributed by atoms with Gasteiger partial charge in [0.1, 0.15) is 18.0 Å². The van der Waals surface area contributed by atoms with Crippen LogP contribution in [0.1, 0.15) is 22.8 Å². The first-order chi connectivity index (χ1) is 14.3. The van der Waals surface area contributed by atoms with Gasteiger partial charge in [-0.15, -0.1) is 0 Å². The van der Waals surface area contributed by atoms with E-state index < -0.39 is 18.0 Å². The summed E-state index contributed by atoms with van der Waals surface area (Å²) in [5.41, 5.74) is 1.23. The molecule has 1 N–H and O–H groups in total. The lowest BCUT2D eigenvalue weighted by Gasteiger charge is -2.21. The summed E-state index contributed by atoms with van der Waals surface area (Å²) in [6, 6.07) is 14.2. The number of methoxy groups -OCH3 is 2. The maximum atomic E-state index is 12.4. The van der Waals surface area contributed by atoms with Crippen LogP contribution in [0.2, 0.25) is 0 Å². The summed E-state index contributed by atoms with van der Waals surface area (Å²) in [6.45, 7) is 1.52.